The molecule has 2 atom stereocenters. The maximum absolute atomic E-state index is 9.87. The molecule has 116 valence electrons. The third kappa shape index (κ3) is 11.4. The van der Waals surface area contributed by atoms with E-state index in [4.69, 9.17) is 5.11 Å². The largest absolute Gasteiger partial charge is 0.393 e. The van der Waals surface area contributed by atoms with E-state index >= 15 is 0 Å². The fraction of sp³-hybridized carbons (Fsp3) is 1.00. The average Bonchev–Trinajstić information content (AvgIpc) is 2.33. The fourth-order valence-corrected chi connectivity index (χ4v) is 2.48. The third-order valence-corrected chi connectivity index (χ3v) is 3.64. The van der Waals surface area contributed by atoms with Gasteiger partial charge in [0.05, 0.1) is 18.9 Å². The molecule has 4 N–H and O–H groups in total. The van der Waals surface area contributed by atoms with E-state index in [1.807, 2.05) is 0 Å². The van der Waals surface area contributed by atoms with Gasteiger partial charge in [0, 0.05) is 6.54 Å². The van der Waals surface area contributed by atoms with Gasteiger partial charge in [-0.2, -0.15) is 0 Å². The van der Waals surface area contributed by atoms with Crippen LogP contribution in [0.4, 0.5) is 0 Å². The van der Waals surface area contributed by atoms with Crippen LogP contribution in [0, 0.1) is 5.41 Å². The van der Waals surface area contributed by atoms with Crippen LogP contribution in [-0.4, -0.2) is 40.8 Å². The molecule has 0 aromatic rings. The van der Waals surface area contributed by atoms with E-state index in [1.165, 1.54) is 12.8 Å². The highest BCUT2D eigenvalue weighted by Crippen LogP contribution is 2.29. The lowest BCUT2D eigenvalue weighted by Crippen LogP contribution is -2.28. The van der Waals surface area contributed by atoms with Gasteiger partial charge in [-0.15, -0.1) is 0 Å². The molecule has 19 heavy (non-hydrogen) atoms. The van der Waals surface area contributed by atoms with Crippen LogP contribution < -0.4 is 5.32 Å². The summed E-state index contributed by atoms with van der Waals surface area (Å²) in [4.78, 5) is 0. The van der Waals surface area contributed by atoms with Crippen molar-refractivity contribution in [2.75, 3.05) is 13.3 Å². The zero-order chi connectivity index (χ0) is 14.7. The second-order valence-electron chi connectivity index (χ2n) is 6.30. The van der Waals surface area contributed by atoms with E-state index in [-0.39, 0.29) is 12.8 Å². The Hall–Kier alpha value is -0.160. The molecular weight excluding hydrogens is 242 g/mol. The molecule has 0 spiro atoms. The lowest BCUT2D eigenvalue weighted by atomic mass is 9.82. The third-order valence-electron chi connectivity index (χ3n) is 3.64. The van der Waals surface area contributed by atoms with Crippen LogP contribution in [0.25, 0.3) is 0 Å². The molecule has 0 amide bonds. The highest BCUT2D eigenvalue weighted by molar-refractivity contribution is 4.70. The topological polar surface area (TPSA) is 72.7 Å². The number of rotatable bonds is 12. The molecule has 0 bridgehead atoms. The summed E-state index contributed by atoms with van der Waals surface area (Å²) in [6.45, 7) is 7.04. The SMILES string of the molecule is CCCC(C)(C)CCCC(O)CCC(O)CNCO. The Balaban J connectivity index is 3.61. The highest BCUT2D eigenvalue weighted by Gasteiger charge is 2.17. The summed E-state index contributed by atoms with van der Waals surface area (Å²) < 4.78 is 0. The number of hydrogen-bond donors (Lipinski definition) is 4. The van der Waals surface area contributed by atoms with Crippen molar-refractivity contribution in [3.63, 3.8) is 0 Å². The van der Waals surface area contributed by atoms with Crippen LogP contribution >= 0.6 is 0 Å². The number of nitrogens with one attached hydrogen (secondary N) is 1. The summed E-state index contributed by atoms with van der Waals surface area (Å²) in [5.74, 6) is 0. The molecule has 4 heteroatoms. The van der Waals surface area contributed by atoms with E-state index < -0.39 is 6.10 Å². The first-order valence-electron chi connectivity index (χ1n) is 7.59. The van der Waals surface area contributed by atoms with E-state index in [2.05, 4.69) is 26.1 Å². The Bertz CT molecular complexity index is 210. The minimum absolute atomic E-state index is 0.119. The number of aliphatic hydroxyl groups is 3. The second kappa shape index (κ2) is 10.6. The maximum Gasteiger partial charge on any atom is 0.0932 e. The smallest absolute Gasteiger partial charge is 0.0932 e. The van der Waals surface area contributed by atoms with Crippen molar-refractivity contribution in [3.05, 3.63) is 0 Å². The van der Waals surface area contributed by atoms with Crippen molar-refractivity contribution in [3.8, 4) is 0 Å². The normalized spacial score (nSPS) is 15.5. The Morgan fingerprint density at radius 3 is 2.21 bits per heavy atom. The molecule has 2 unspecified atom stereocenters. The van der Waals surface area contributed by atoms with E-state index in [1.54, 1.807) is 0 Å². The van der Waals surface area contributed by atoms with Gasteiger partial charge in [0.25, 0.3) is 0 Å². The van der Waals surface area contributed by atoms with Gasteiger partial charge in [-0.3, -0.25) is 5.32 Å². The summed E-state index contributed by atoms with van der Waals surface area (Å²) in [6, 6.07) is 0. The summed E-state index contributed by atoms with van der Waals surface area (Å²) in [6.07, 6.45) is 5.84. The molecule has 4 nitrogen and oxygen atoms in total. The number of aliphatic hydroxyl groups excluding tert-OH is 3. The van der Waals surface area contributed by atoms with E-state index in [0.29, 0.717) is 24.8 Å². The van der Waals surface area contributed by atoms with Gasteiger partial charge in [0.15, 0.2) is 0 Å². The molecule has 0 saturated carbocycles. The Morgan fingerprint density at radius 2 is 1.63 bits per heavy atom. The predicted octanol–water partition coefficient (Wildman–Crippen LogP) is 2.02. The van der Waals surface area contributed by atoms with Gasteiger partial charge in [-0.1, -0.05) is 33.6 Å². The standard InChI is InChI=1S/C15H33NO3/c1-4-9-15(2,3)10-5-6-13(18)7-8-14(19)11-16-12-17/h13-14,16-19H,4-12H2,1-3H3. The fourth-order valence-electron chi connectivity index (χ4n) is 2.48. The summed E-state index contributed by atoms with van der Waals surface area (Å²) in [5.41, 5.74) is 0.374. The molecule has 0 radical (unpaired) electrons. The zero-order valence-corrected chi connectivity index (χ0v) is 12.9. The van der Waals surface area contributed by atoms with Crippen molar-refractivity contribution in [1.82, 2.24) is 5.32 Å². The van der Waals surface area contributed by atoms with Crippen LogP contribution in [0.15, 0.2) is 0 Å². The van der Waals surface area contributed by atoms with Crippen LogP contribution in [0.2, 0.25) is 0 Å². The van der Waals surface area contributed by atoms with Gasteiger partial charge in [0.1, 0.15) is 0 Å². The van der Waals surface area contributed by atoms with E-state index in [0.717, 1.165) is 19.3 Å². The molecule has 0 aromatic heterocycles. The predicted molar refractivity (Wildman–Crippen MR) is 78.9 cm³/mol. The minimum Gasteiger partial charge on any atom is -0.393 e. The van der Waals surface area contributed by atoms with Gasteiger partial charge in [0.2, 0.25) is 0 Å². The van der Waals surface area contributed by atoms with E-state index in [9.17, 15) is 10.2 Å². The van der Waals surface area contributed by atoms with Crippen molar-refractivity contribution < 1.29 is 15.3 Å². The van der Waals surface area contributed by atoms with Crippen LogP contribution in [0.1, 0.15) is 65.7 Å². The second-order valence-corrected chi connectivity index (χ2v) is 6.30. The molecular formula is C15H33NO3. The van der Waals surface area contributed by atoms with Crippen molar-refractivity contribution in [2.45, 2.75) is 77.9 Å². The first-order chi connectivity index (χ1) is 8.91. The van der Waals surface area contributed by atoms with Crippen molar-refractivity contribution in [1.29, 1.82) is 0 Å². The quantitative estimate of drug-likeness (QED) is 0.411. The van der Waals surface area contributed by atoms with Crippen LogP contribution in [0.5, 0.6) is 0 Å². The van der Waals surface area contributed by atoms with Crippen LogP contribution in [-0.2, 0) is 0 Å². The van der Waals surface area contributed by atoms with Crippen molar-refractivity contribution >= 4 is 0 Å². The van der Waals surface area contributed by atoms with Gasteiger partial charge >= 0.3 is 0 Å². The average molecular weight is 275 g/mol. The summed E-state index contributed by atoms with van der Waals surface area (Å²) in [5, 5.41) is 30.7. The molecule has 0 saturated heterocycles. The molecule has 0 fully saturated rings. The molecule has 0 aromatic carbocycles. The lowest BCUT2D eigenvalue weighted by Gasteiger charge is -2.24. The van der Waals surface area contributed by atoms with Gasteiger partial charge < -0.3 is 15.3 Å². The van der Waals surface area contributed by atoms with Crippen molar-refractivity contribution in [2.24, 2.45) is 5.41 Å². The Kier molecular flexibility index (Phi) is 10.5. The minimum atomic E-state index is -0.488. The Morgan fingerprint density at radius 1 is 1.00 bits per heavy atom. The highest BCUT2D eigenvalue weighted by atomic mass is 16.3. The lowest BCUT2D eigenvalue weighted by molar-refractivity contribution is 0.0990. The summed E-state index contributed by atoms with van der Waals surface area (Å²) in [7, 11) is 0. The molecule has 0 aliphatic rings. The van der Waals surface area contributed by atoms with Gasteiger partial charge in [-0.05, 0) is 37.5 Å². The van der Waals surface area contributed by atoms with Crippen LogP contribution in [0.3, 0.4) is 0 Å². The zero-order valence-electron chi connectivity index (χ0n) is 12.9. The first kappa shape index (κ1) is 18.8. The molecule has 0 heterocycles. The number of hydrogen-bond acceptors (Lipinski definition) is 4. The molecule has 0 aliphatic heterocycles. The Labute approximate surface area is 118 Å². The molecule has 0 rings (SSSR count). The molecule has 0 aliphatic carbocycles. The summed E-state index contributed by atoms with van der Waals surface area (Å²) >= 11 is 0. The van der Waals surface area contributed by atoms with Gasteiger partial charge in [-0.25, -0.2) is 0 Å². The first-order valence-corrected chi connectivity index (χ1v) is 7.59. The maximum atomic E-state index is 9.87. The monoisotopic (exact) mass is 275 g/mol.